The number of allylic oxidation sites excluding steroid dienone is 1. The van der Waals surface area contributed by atoms with Gasteiger partial charge in [0.25, 0.3) is 0 Å². The van der Waals surface area contributed by atoms with Crippen molar-refractivity contribution in [3.05, 3.63) is 58.0 Å². The summed E-state index contributed by atoms with van der Waals surface area (Å²) in [5.41, 5.74) is 1.86. The molecule has 0 unspecified atom stereocenters. The normalized spacial score (nSPS) is 20.9. The molecule has 3 aliphatic rings. The average Bonchev–Trinajstić information content (AvgIpc) is 3.20. The topological polar surface area (TPSA) is 65.5 Å². The Morgan fingerprint density at radius 3 is 2.59 bits per heavy atom. The predicted octanol–water partition coefficient (Wildman–Crippen LogP) is 3.91. The minimum atomic E-state index is -0.749. The molecule has 1 aromatic carbocycles. The summed E-state index contributed by atoms with van der Waals surface area (Å²) in [6, 6.07) is 6.15. The van der Waals surface area contributed by atoms with Gasteiger partial charge in [-0.15, -0.1) is 0 Å². The predicted molar refractivity (Wildman–Crippen MR) is 131 cm³/mol. The number of amides is 1. The van der Waals surface area contributed by atoms with Crippen molar-refractivity contribution < 1.29 is 18.7 Å². The van der Waals surface area contributed by atoms with Gasteiger partial charge in [-0.05, 0) is 52.3 Å². The maximum absolute atomic E-state index is 15.0. The highest BCUT2D eigenvalue weighted by Gasteiger charge is 2.42. The summed E-state index contributed by atoms with van der Waals surface area (Å²) in [7, 11) is 4.14. The number of amidine groups is 1. The van der Waals surface area contributed by atoms with Crippen LogP contribution >= 0.6 is 11.8 Å². The number of hydrogen-bond donors (Lipinski definition) is 0. The van der Waals surface area contributed by atoms with Gasteiger partial charge in [0.1, 0.15) is 5.82 Å². The van der Waals surface area contributed by atoms with Crippen LogP contribution in [0.15, 0.2) is 51.6 Å². The molecular weight excluding hydrogens is 455 g/mol. The highest BCUT2D eigenvalue weighted by Crippen LogP contribution is 2.45. The van der Waals surface area contributed by atoms with Gasteiger partial charge in [-0.2, -0.15) is 0 Å². The minimum absolute atomic E-state index is 0.0292. The first kappa shape index (κ1) is 24.5. The molecule has 1 fully saturated rings. The fourth-order valence-corrected chi connectivity index (χ4v) is 5.69. The zero-order valence-corrected chi connectivity index (χ0v) is 20.9. The monoisotopic (exact) mass is 486 g/mol. The third kappa shape index (κ3) is 4.77. The number of ether oxygens (including phenoxy) is 1. The number of esters is 1. The number of hydrogen-bond acceptors (Lipinski definition) is 7. The second kappa shape index (κ2) is 10.3. The third-order valence-electron chi connectivity index (χ3n) is 6.58. The number of fused-ring (bicyclic) bond motifs is 1. The van der Waals surface area contributed by atoms with Gasteiger partial charge in [0, 0.05) is 30.4 Å². The molecular formula is C25H31FN4O3S. The molecule has 0 spiro atoms. The van der Waals surface area contributed by atoms with E-state index in [1.807, 2.05) is 15.2 Å². The van der Waals surface area contributed by atoms with Crippen molar-refractivity contribution in [3.63, 3.8) is 0 Å². The third-order valence-corrected chi connectivity index (χ3v) is 7.46. The number of benzene rings is 1. The van der Waals surface area contributed by atoms with Gasteiger partial charge >= 0.3 is 5.97 Å². The number of nitrogens with zero attached hydrogens (tertiary/aromatic N) is 4. The van der Waals surface area contributed by atoms with E-state index in [1.165, 1.54) is 17.8 Å². The van der Waals surface area contributed by atoms with E-state index in [2.05, 4.69) is 24.0 Å². The first-order chi connectivity index (χ1) is 16.3. The minimum Gasteiger partial charge on any atom is -0.463 e. The van der Waals surface area contributed by atoms with Crippen LogP contribution in [-0.2, 0) is 14.3 Å². The Hall–Kier alpha value is -2.65. The molecule has 0 radical (unpaired) electrons. The van der Waals surface area contributed by atoms with Crippen LogP contribution in [0.3, 0.4) is 0 Å². The molecule has 1 amide bonds. The molecule has 0 N–H and O–H groups in total. The van der Waals surface area contributed by atoms with Crippen molar-refractivity contribution in [3.8, 4) is 0 Å². The number of thioether (sulfide) groups is 1. The van der Waals surface area contributed by atoms with E-state index in [1.54, 1.807) is 32.0 Å². The summed E-state index contributed by atoms with van der Waals surface area (Å²) in [5.74, 6) is -0.914. The maximum Gasteiger partial charge on any atom is 0.338 e. The lowest BCUT2D eigenvalue weighted by Gasteiger charge is -2.38. The smallest absolute Gasteiger partial charge is 0.338 e. The first-order valence-electron chi connectivity index (χ1n) is 11.6. The molecule has 0 aromatic heterocycles. The van der Waals surface area contributed by atoms with Crippen LogP contribution in [0, 0.1) is 5.82 Å². The summed E-state index contributed by atoms with van der Waals surface area (Å²) in [4.78, 5) is 36.7. The summed E-state index contributed by atoms with van der Waals surface area (Å²) >= 11 is 1.39. The van der Waals surface area contributed by atoms with Crippen LogP contribution in [-0.4, -0.2) is 71.6 Å². The number of carbonyl (C=O) groups excluding carboxylic acids is 2. The molecule has 34 heavy (non-hydrogen) atoms. The average molecular weight is 487 g/mol. The largest absolute Gasteiger partial charge is 0.463 e. The molecule has 0 bridgehead atoms. The molecule has 182 valence electrons. The molecule has 3 aliphatic heterocycles. The fraction of sp³-hybridized carbons (Fsp3) is 0.480. The van der Waals surface area contributed by atoms with Crippen molar-refractivity contribution in [1.29, 1.82) is 0 Å². The van der Waals surface area contributed by atoms with Gasteiger partial charge in [-0.1, -0.05) is 30.0 Å². The Morgan fingerprint density at radius 2 is 1.94 bits per heavy atom. The molecule has 3 heterocycles. The SMILES string of the molecule is CCOC(=O)C1=C(C)N=C2SC=C(CC(=O)N3CCC(N(C)C)CC3)N2[C@@H]1c1ccccc1F. The molecule has 1 aromatic rings. The zero-order chi connectivity index (χ0) is 24.4. The van der Waals surface area contributed by atoms with E-state index in [4.69, 9.17) is 4.74 Å². The second-order valence-corrected chi connectivity index (χ2v) is 9.72. The van der Waals surface area contributed by atoms with Crippen LogP contribution in [0.4, 0.5) is 4.39 Å². The van der Waals surface area contributed by atoms with E-state index in [0.717, 1.165) is 12.8 Å². The standard InChI is InChI=1S/C25H31FN4O3S/c1-5-33-24(32)22-16(2)27-25-30(23(22)19-8-6-7-9-20(19)26)18(15-34-25)14-21(31)29-12-10-17(11-13-29)28(3)4/h6-9,15,17,23H,5,10-14H2,1-4H3/t23-/m1/s1. The molecule has 4 rings (SSSR count). The number of halogens is 1. The number of aliphatic imine (C=N–C) groups is 1. The second-order valence-electron chi connectivity index (χ2n) is 8.89. The Kier molecular flexibility index (Phi) is 7.42. The lowest BCUT2D eigenvalue weighted by molar-refractivity contribution is -0.139. The van der Waals surface area contributed by atoms with Crippen molar-refractivity contribution in [2.24, 2.45) is 4.99 Å². The van der Waals surface area contributed by atoms with E-state index in [9.17, 15) is 9.59 Å². The highest BCUT2D eigenvalue weighted by atomic mass is 32.2. The van der Waals surface area contributed by atoms with Gasteiger partial charge in [0.05, 0.1) is 30.3 Å². The molecule has 0 aliphatic carbocycles. The summed E-state index contributed by atoms with van der Waals surface area (Å²) in [5, 5.41) is 2.52. The van der Waals surface area contributed by atoms with Crippen molar-refractivity contribution in [1.82, 2.24) is 14.7 Å². The number of carbonyl (C=O) groups is 2. The maximum atomic E-state index is 15.0. The van der Waals surface area contributed by atoms with Crippen LogP contribution in [0.1, 0.15) is 44.7 Å². The van der Waals surface area contributed by atoms with Crippen LogP contribution < -0.4 is 0 Å². The van der Waals surface area contributed by atoms with E-state index >= 15 is 4.39 Å². The molecule has 9 heteroatoms. The van der Waals surface area contributed by atoms with Crippen molar-refractivity contribution in [2.75, 3.05) is 33.8 Å². The molecule has 0 saturated carbocycles. The van der Waals surface area contributed by atoms with Crippen LogP contribution in [0.2, 0.25) is 0 Å². The Labute approximate surface area is 204 Å². The van der Waals surface area contributed by atoms with Gasteiger partial charge < -0.3 is 19.4 Å². The number of piperidine rings is 1. The zero-order valence-electron chi connectivity index (χ0n) is 20.1. The van der Waals surface area contributed by atoms with Crippen LogP contribution in [0.5, 0.6) is 0 Å². The van der Waals surface area contributed by atoms with Crippen molar-refractivity contribution in [2.45, 2.75) is 45.2 Å². The van der Waals surface area contributed by atoms with Gasteiger partial charge in [-0.25, -0.2) is 14.2 Å². The van der Waals surface area contributed by atoms with E-state index in [0.29, 0.717) is 46.8 Å². The first-order valence-corrected chi connectivity index (χ1v) is 12.5. The Balaban J connectivity index is 1.62. The quantitative estimate of drug-likeness (QED) is 0.568. The number of rotatable bonds is 6. The lowest BCUT2D eigenvalue weighted by Crippen LogP contribution is -2.45. The van der Waals surface area contributed by atoms with E-state index < -0.39 is 17.8 Å². The molecule has 1 atom stereocenters. The summed E-state index contributed by atoms with van der Waals surface area (Å²) in [6.45, 7) is 5.11. The van der Waals surface area contributed by atoms with Gasteiger partial charge in [-0.3, -0.25) is 4.79 Å². The van der Waals surface area contributed by atoms with Crippen LogP contribution in [0.25, 0.3) is 0 Å². The van der Waals surface area contributed by atoms with Gasteiger partial charge in [0.15, 0.2) is 5.17 Å². The Bertz CT molecular complexity index is 1060. The summed E-state index contributed by atoms with van der Waals surface area (Å²) in [6.07, 6.45) is 2.05. The fourth-order valence-electron chi connectivity index (χ4n) is 4.73. The molecule has 7 nitrogen and oxygen atoms in total. The number of likely N-dealkylation sites (tertiary alicyclic amines) is 1. The van der Waals surface area contributed by atoms with Gasteiger partial charge in [0.2, 0.25) is 5.91 Å². The van der Waals surface area contributed by atoms with Crippen molar-refractivity contribution >= 4 is 28.8 Å². The summed E-state index contributed by atoms with van der Waals surface area (Å²) < 4.78 is 20.3. The molecule has 1 saturated heterocycles. The Morgan fingerprint density at radius 1 is 1.24 bits per heavy atom. The highest BCUT2D eigenvalue weighted by molar-refractivity contribution is 8.16. The van der Waals surface area contributed by atoms with E-state index in [-0.39, 0.29) is 18.9 Å². The lowest BCUT2D eigenvalue weighted by atomic mass is 9.93.